The zero-order valence-corrected chi connectivity index (χ0v) is 7.92. The molecule has 0 bridgehead atoms. The Balaban J connectivity index is 2.34. The fourth-order valence-corrected chi connectivity index (χ4v) is 1.40. The molecule has 0 saturated carbocycles. The quantitative estimate of drug-likeness (QED) is 0.640. The molecule has 1 heterocycles. The highest BCUT2D eigenvalue weighted by Gasteiger charge is 2.22. The van der Waals surface area contributed by atoms with Crippen molar-refractivity contribution < 1.29 is 9.84 Å². The van der Waals surface area contributed by atoms with Crippen LogP contribution in [0.15, 0.2) is 11.6 Å². The van der Waals surface area contributed by atoms with Gasteiger partial charge in [-0.2, -0.15) is 0 Å². The maximum atomic E-state index is 9.57. The van der Waals surface area contributed by atoms with E-state index in [1.807, 2.05) is 0 Å². The normalized spacial score (nSPS) is 29.9. The highest BCUT2D eigenvalue weighted by molar-refractivity contribution is 4.95. The largest absolute Gasteiger partial charge is 0.393 e. The van der Waals surface area contributed by atoms with Crippen molar-refractivity contribution in [2.24, 2.45) is 5.92 Å². The summed E-state index contributed by atoms with van der Waals surface area (Å²) in [4.78, 5) is 0. The van der Waals surface area contributed by atoms with E-state index < -0.39 is 0 Å². The highest BCUT2D eigenvalue weighted by atomic mass is 16.5. The van der Waals surface area contributed by atoms with Gasteiger partial charge in [0.05, 0.1) is 12.7 Å². The molecule has 0 aliphatic carbocycles. The van der Waals surface area contributed by atoms with Gasteiger partial charge in [-0.3, -0.25) is 0 Å². The first-order valence-corrected chi connectivity index (χ1v) is 4.59. The van der Waals surface area contributed by atoms with E-state index in [2.05, 4.69) is 19.9 Å². The van der Waals surface area contributed by atoms with Crippen LogP contribution in [-0.2, 0) is 4.74 Å². The second-order valence-electron chi connectivity index (χ2n) is 3.71. The van der Waals surface area contributed by atoms with E-state index in [-0.39, 0.29) is 6.10 Å². The summed E-state index contributed by atoms with van der Waals surface area (Å²) in [6.45, 7) is 5.59. The highest BCUT2D eigenvalue weighted by Crippen LogP contribution is 2.18. The molecular weight excluding hydrogens is 152 g/mol. The molecule has 1 saturated heterocycles. The van der Waals surface area contributed by atoms with Crippen LogP contribution < -0.4 is 0 Å². The lowest BCUT2D eigenvalue weighted by Crippen LogP contribution is -2.31. The smallest absolute Gasteiger partial charge is 0.0615 e. The van der Waals surface area contributed by atoms with Crippen LogP contribution >= 0.6 is 0 Å². The van der Waals surface area contributed by atoms with Gasteiger partial charge in [0.1, 0.15) is 0 Å². The fraction of sp³-hybridized carbons (Fsp3) is 0.800. The number of aliphatic hydroxyl groups is 1. The minimum Gasteiger partial charge on any atom is -0.393 e. The van der Waals surface area contributed by atoms with Gasteiger partial charge in [-0.05, 0) is 26.7 Å². The van der Waals surface area contributed by atoms with Gasteiger partial charge in [0, 0.05) is 12.5 Å². The monoisotopic (exact) mass is 170 g/mol. The zero-order valence-electron chi connectivity index (χ0n) is 7.92. The van der Waals surface area contributed by atoms with Crippen LogP contribution in [0.25, 0.3) is 0 Å². The Morgan fingerprint density at radius 3 is 2.92 bits per heavy atom. The summed E-state index contributed by atoms with van der Waals surface area (Å²) in [5.41, 5.74) is 1.31. The molecule has 1 N–H and O–H groups in total. The molecule has 0 spiro atoms. The van der Waals surface area contributed by atoms with Crippen molar-refractivity contribution in [1.29, 1.82) is 0 Å². The Bertz CT molecular complexity index is 159. The Morgan fingerprint density at radius 1 is 1.58 bits per heavy atom. The number of hydrogen-bond acceptors (Lipinski definition) is 2. The summed E-state index contributed by atoms with van der Waals surface area (Å²) < 4.78 is 5.30. The van der Waals surface area contributed by atoms with Crippen molar-refractivity contribution >= 4 is 0 Å². The molecule has 12 heavy (non-hydrogen) atoms. The number of rotatable bonds is 2. The maximum Gasteiger partial charge on any atom is 0.0615 e. The van der Waals surface area contributed by atoms with Crippen molar-refractivity contribution in [1.82, 2.24) is 0 Å². The summed E-state index contributed by atoms with van der Waals surface area (Å²) in [7, 11) is 0. The fourth-order valence-electron chi connectivity index (χ4n) is 1.40. The van der Waals surface area contributed by atoms with Gasteiger partial charge >= 0.3 is 0 Å². The van der Waals surface area contributed by atoms with E-state index in [1.165, 1.54) is 5.57 Å². The molecule has 0 amide bonds. The van der Waals surface area contributed by atoms with Crippen LogP contribution in [-0.4, -0.2) is 24.4 Å². The number of allylic oxidation sites excluding steroid dienone is 2. The van der Waals surface area contributed by atoms with Gasteiger partial charge in [0.15, 0.2) is 0 Å². The van der Waals surface area contributed by atoms with Crippen LogP contribution in [0.2, 0.25) is 0 Å². The summed E-state index contributed by atoms with van der Waals surface area (Å²) in [6, 6.07) is 0. The maximum absolute atomic E-state index is 9.57. The number of aliphatic hydroxyl groups excluding tert-OH is 1. The average Bonchev–Trinajstić information content (AvgIpc) is 2.03. The molecule has 1 aliphatic rings. The van der Waals surface area contributed by atoms with Crippen molar-refractivity contribution in [2.45, 2.75) is 32.8 Å². The SMILES string of the molecule is CC(C)=CCC1COCCC1O. The molecule has 0 aromatic heterocycles. The van der Waals surface area contributed by atoms with Gasteiger partial charge < -0.3 is 9.84 Å². The molecule has 1 aliphatic heterocycles. The standard InChI is InChI=1S/C10H18O2/c1-8(2)3-4-9-7-12-6-5-10(9)11/h3,9-11H,4-7H2,1-2H3. The lowest BCUT2D eigenvalue weighted by atomic mass is 9.94. The van der Waals surface area contributed by atoms with Crippen LogP contribution in [0.4, 0.5) is 0 Å². The lowest BCUT2D eigenvalue weighted by molar-refractivity contribution is -0.0341. The third kappa shape index (κ3) is 2.95. The third-order valence-corrected chi connectivity index (χ3v) is 2.26. The van der Waals surface area contributed by atoms with Crippen molar-refractivity contribution in [3.63, 3.8) is 0 Å². The third-order valence-electron chi connectivity index (χ3n) is 2.26. The van der Waals surface area contributed by atoms with Crippen LogP contribution in [0, 0.1) is 5.92 Å². The first kappa shape index (κ1) is 9.75. The van der Waals surface area contributed by atoms with E-state index >= 15 is 0 Å². The molecule has 1 rings (SSSR count). The number of hydrogen-bond donors (Lipinski definition) is 1. The molecule has 2 atom stereocenters. The van der Waals surface area contributed by atoms with Gasteiger partial charge in [0.25, 0.3) is 0 Å². The van der Waals surface area contributed by atoms with E-state index in [4.69, 9.17) is 4.74 Å². The van der Waals surface area contributed by atoms with Crippen LogP contribution in [0.5, 0.6) is 0 Å². The van der Waals surface area contributed by atoms with Crippen LogP contribution in [0.3, 0.4) is 0 Å². The molecule has 70 valence electrons. The predicted octanol–water partition coefficient (Wildman–Crippen LogP) is 1.74. The van der Waals surface area contributed by atoms with Gasteiger partial charge in [-0.25, -0.2) is 0 Å². The van der Waals surface area contributed by atoms with Gasteiger partial charge in [-0.15, -0.1) is 0 Å². The number of ether oxygens (including phenoxy) is 1. The predicted molar refractivity (Wildman–Crippen MR) is 49.0 cm³/mol. The topological polar surface area (TPSA) is 29.5 Å². The molecule has 0 aromatic carbocycles. The van der Waals surface area contributed by atoms with E-state index in [0.717, 1.165) is 12.8 Å². The molecular formula is C10H18O2. The Morgan fingerprint density at radius 2 is 2.33 bits per heavy atom. The molecule has 2 heteroatoms. The summed E-state index contributed by atoms with van der Waals surface area (Å²) in [6.07, 6.45) is 3.75. The van der Waals surface area contributed by atoms with Crippen molar-refractivity contribution in [3.05, 3.63) is 11.6 Å². The summed E-state index contributed by atoms with van der Waals surface area (Å²) >= 11 is 0. The minimum absolute atomic E-state index is 0.158. The van der Waals surface area contributed by atoms with E-state index in [1.54, 1.807) is 0 Å². The Kier molecular flexibility index (Phi) is 3.76. The summed E-state index contributed by atoms with van der Waals surface area (Å²) in [5.74, 6) is 0.314. The van der Waals surface area contributed by atoms with Gasteiger partial charge in [-0.1, -0.05) is 11.6 Å². The molecule has 2 nitrogen and oxygen atoms in total. The average molecular weight is 170 g/mol. The Hall–Kier alpha value is -0.340. The van der Waals surface area contributed by atoms with Crippen LogP contribution in [0.1, 0.15) is 26.7 Å². The van der Waals surface area contributed by atoms with Gasteiger partial charge in [0.2, 0.25) is 0 Å². The molecule has 1 fully saturated rings. The first-order valence-electron chi connectivity index (χ1n) is 4.59. The molecule has 2 unspecified atom stereocenters. The first-order chi connectivity index (χ1) is 5.70. The Labute approximate surface area is 74.2 Å². The molecule has 0 aromatic rings. The van der Waals surface area contributed by atoms with Crippen molar-refractivity contribution in [2.75, 3.05) is 13.2 Å². The van der Waals surface area contributed by atoms with E-state index in [9.17, 15) is 5.11 Å². The van der Waals surface area contributed by atoms with E-state index in [0.29, 0.717) is 19.1 Å². The zero-order chi connectivity index (χ0) is 8.97. The second kappa shape index (κ2) is 4.63. The molecule has 0 radical (unpaired) electrons. The second-order valence-corrected chi connectivity index (χ2v) is 3.71. The minimum atomic E-state index is -0.158. The van der Waals surface area contributed by atoms with Crippen molar-refractivity contribution in [3.8, 4) is 0 Å². The summed E-state index contributed by atoms with van der Waals surface area (Å²) in [5, 5.41) is 9.57. The lowest BCUT2D eigenvalue weighted by Gasteiger charge is -2.26.